The van der Waals surface area contributed by atoms with Gasteiger partial charge < -0.3 is 14.8 Å². The van der Waals surface area contributed by atoms with Gasteiger partial charge in [0.05, 0.1) is 11.7 Å². The summed E-state index contributed by atoms with van der Waals surface area (Å²) >= 11 is 0. The van der Waals surface area contributed by atoms with Crippen molar-refractivity contribution in [2.45, 2.75) is 13.0 Å². The van der Waals surface area contributed by atoms with Crippen LogP contribution >= 0.6 is 0 Å². The fraction of sp³-hybridized carbons (Fsp3) is 0.214. The van der Waals surface area contributed by atoms with Gasteiger partial charge in [0, 0.05) is 6.54 Å². The van der Waals surface area contributed by atoms with E-state index in [1.54, 1.807) is 25.1 Å². The van der Waals surface area contributed by atoms with E-state index < -0.39 is 17.8 Å². The number of rotatable bonds is 4. The number of nitrogens with one attached hydrogen (secondary N) is 1. The summed E-state index contributed by atoms with van der Waals surface area (Å²) in [6.45, 7) is 1.70. The molecule has 4 nitrogen and oxygen atoms in total. The Hall–Kier alpha value is -2.14. The smallest absolute Gasteiger partial charge is 0.287 e. The summed E-state index contributed by atoms with van der Waals surface area (Å²) in [7, 11) is 0. The quantitative estimate of drug-likeness (QED) is 0.888. The average molecular weight is 263 g/mol. The molecule has 2 aromatic rings. The Balaban J connectivity index is 2.15. The van der Waals surface area contributed by atoms with E-state index in [2.05, 4.69) is 5.32 Å². The van der Waals surface area contributed by atoms with Gasteiger partial charge in [-0.2, -0.15) is 0 Å². The number of aliphatic hydroxyl groups excluding tert-OH is 1. The number of aliphatic hydroxyl groups is 1. The van der Waals surface area contributed by atoms with E-state index in [9.17, 15) is 9.18 Å². The second-order valence-electron chi connectivity index (χ2n) is 4.20. The van der Waals surface area contributed by atoms with E-state index in [0.29, 0.717) is 11.3 Å². The van der Waals surface area contributed by atoms with E-state index in [4.69, 9.17) is 9.52 Å². The number of halogens is 1. The third-order valence-corrected chi connectivity index (χ3v) is 2.53. The molecule has 0 fully saturated rings. The van der Waals surface area contributed by atoms with Gasteiger partial charge in [-0.3, -0.25) is 4.79 Å². The molecule has 1 atom stereocenters. The number of hydrogen-bond acceptors (Lipinski definition) is 3. The van der Waals surface area contributed by atoms with Crippen molar-refractivity contribution < 1.29 is 18.7 Å². The molecule has 2 N–H and O–H groups in total. The molecular weight excluding hydrogens is 249 g/mol. The molecule has 5 heteroatoms. The van der Waals surface area contributed by atoms with Gasteiger partial charge in [0.25, 0.3) is 5.91 Å². The van der Waals surface area contributed by atoms with E-state index in [0.717, 1.165) is 0 Å². The molecular formula is C14H14FNO3. The highest BCUT2D eigenvalue weighted by atomic mass is 19.1. The molecule has 0 radical (unpaired) electrons. The summed E-state index contributed by atoms with van der Waals surface area (Å²) in [4.78, 5) is 11.7. The maximum absolute atomic E-state index is 13.5. The summed E-state index contributed by atoms with van der Waals surface area (Å²) in [5.74, 6) is -0.476. The minimum Gasteiger partial charge on any atom is -0.451 e. The van der Waals surface area contributed by atoms with Crippen LogP contribution in [0.25, 0.3) is 11.3 Å². The van der Waals surface area contributed by atoms with Crippen molar-refractivity contribution in [2.75, 3.05) is 6.54 Å². The number of carbonyl (C=O) groups is 1. The van der Waals surface area contributed by atoms with Crippen LogP contribution in [0.2, 0.25) is 0 Å². The fourth-order valence-electron chi connectivity index (χ4n) is 1.59. The Morgan fingerprint density at radius 1 is 1.37 bits per heavy atom. The first-order valence-corrected chi connectivity index (χ1v) is 5.89. The highest BCUT2D eigenvalue weighted by Gasteiger charge is 2.14. The molecule has 0 aliphatic rings. The third-order valence-electron chi connectivity index (χ3n) is 2.53. The Bertz CT molecular complexity index is 578. The van der Waals surface area contributed by atoms with Gasteiger partial charge >= 0.3 is 0 Å². The number of amides is 1. The molecule has 0 aliphatic carbocycles. The first kappa shape index (κ1) is 13.3. The first-order valence-electron chi connectivity index (χ1n) is 5.89. The second-order valence-corrected chi connectivity index (χ2v) is 4.20. The second kappa shape index (κ2) is 5.67. The van der Waals surface area contributed by atoms with Crippen LogP contribution in [0.15, 0.2) is 40.8 Å². The first-order chi connectivity index (χ1) is 9.08. The van der Waals surface area contributed by atoms with Crippen LogP contribution < -0.4 is 5.32 Å². The Kier molecular flexibility index (Phi) is 3.97. The van der Waals surface area contributed by atoms with E-state index in [1.165, 1.54) is 18.2 Å². The standard InChI is InChI=1S/C14H14FNO3/c1-9(17)8-16-14(18)13-7-6-12(19-13)10-4-2-3-5-11(10)15/h2-7,9,17H,8H2,1H3,(H,16,18). The van der Waals surface area contributed by atoms with Crippen LogP contribution in [0.1, 0.15) is 17.5 Å². The Labute approximate surface area is 109 Å². The van der Waals surface area contributed by atoms with E-state index >= 15 is 0 Å². The molecule has 0 saturated heterocycles. The number of carbonyl (C=O) groups excluding carboxylic acids is 1. The highest BCUT2D eigenvalue weighted by Crippen LogP contribution is 2.24. The van der Waals surface area contributed by atoms with Crippen LogP contribution in [-0.4, -0.2) is 23.7 Å². The minimum atomic E-state index is -0.634. The summed E-state index contributed by atoms with van der Waals surface area (Å²) in [5.41, 5.74) is 0.303. The van der Waals surface area contributed by atoms with Gasteiger partial charge in [0.2, 0.25) is 0 Å². The highest BCUT2D eigenvalue weighted by molar-refractivity contribution is 5.92. The van der Waals surface area contributed by atoms with Crippen LogP contribution in [0, 0.1) is 5.82 Å². The lowest BCUT2D eigenvalue weighted by molar-refractivity contribution is 0.0897. The summed E-state index contributed by atoms with van der Waals surface area (Å²) in [5, 5.41) is 11.6. The normalized spacial score (nSPS) is 12.2. The Morgan fingerprint density at radius 3 is 2.79 bits per heavy atom. The molecule has 1 unspecified atom stereocenters. The average Bonchev–Trinajstić information content (AvgIpc) is 2.86. The summed E-state index contributed by atoms with van der Waals surface area (Å²) in [6.07, 6.45) is -0.634. The monoisotopic (exact) mass is 263 g/mol. The van der Waals surface area contributed by atoms with E-state index in [-0.39, 0.29) is 12.3 Å². The maximum Gasteiger partial charge on any atom is 0.287 e. The number of benzene rings is 1. The molecule has 0 spiro atoms. The van der Waals surface area contributed by atoms with Gasteiger partial charge in [0.1, 0.15) is 11.6 Å². The van der Waals surface area contributed by atoms with Gasteiger partial charge in [-0.05, 0) is 31.2 Å². The molecule has 1 heterocycles. The molecule has 0 bridgehead atoms. The van der Waals surface area contributed by atoms with Crippen molar-refractivity contribution in [3.63, 3.8) is 0 Å². The fourth-order valence-corrected chi connectivity index (χ4v) is 1.59. The van der Waals surface area contributed by atoms with Crippen LogP contribution in [0.5, 0.6) is 0 Å². The van der Waals surface area contributed by atoms with Gasteiger partial charge in [-0.15, -0.1) is 0 Å². The lowest BCUT2D eigenvalue weighted by atomic mass is 10.1. The lowest BCUT2D eigenvalue weighted by Crippen LogP contribution is -2.30. The molecule has 2 rings (SSSR count). The van der Waals surface area contributed by atoms with Crippen molar-refractivity contribution in [1.82, 2.24) is 5.32 Å². The largest absolute Gasteiger partial charge is 0.451 e. The predicted molar refractivity (Wildman–Crippen MR) is 68.1 cm³/mol. The van der Waals surface area contributed by atoms with Crippen LogP contribution in [0.4, 0.5) is 4.39 Å². The lowest BCUT2D eigenvalue weighted by Gasteiger charge is -2.04. The number of hydrogen-bond donors (Lipinski definition) is 2. The van der Waals surface area contributed by atoms with Gasteiger partial charge in [-0.1, -0.05) is 12.1 Å². The zero-order chi connectivity index (χ0) is 13.8. The third kappa shape index (κ3) is 3.20. The van der Waals surface area contributed by atoms with Gasteiger partial charge in [0.15, 0.2) is 5.76 Å². The number of furan rings is 1. The maximum atomic E-state index is 13.5. The molecule has 1 amide bonds. The molecule has 0 saturated carbocycles. The van der Waals surface area contributed by atoms with Crippen molar-refractivity contribution >= 4 is 5.91 Å². The Morgan fingerprint density at radius 2 is 2.11 bits per heavy atom. The molecule has 100 valence electrons. The summed E-state index contributed by atoms with van der Waals surface area (Å²) in [6, 6.07) is 9.18. The molecule has 1 aromatic heterocycles. The minimum absolute atomic E-state index is 0.0823. The molecule has 0 aliphatic heterocycles. The van der Waals surface area contributed by atoms with Crippen molar-refractivity contribution in [3.05, 3.63) is 48.0 Å². The van der Waals surface area contributed by atoms with E-state index in [1.807, 2.05) is 0 Å². The topological polar surface area (TPSA) is 62.5 Å². The van der Waals surface area contributed by atoms with Crippen LogP contribution in [0.3, 0.4) is 0 Å². The zero-order valence-electron chi connectivity index (χ0n) is 10.4. The molecule has 19 heavy (non-hydrogen) atoms. The van der Waals surface area contributed by atoms with Crippen molar-refractivity contribution in [2.24, 2.45) is 0 Å². The SMILES string of the molecule is CC(O)CNC(=O)c1ccc(-c2ccccc2F)o1. The van der Waals surface area contributed by atoms with Gasteiger partial charge in [-0.25, -0.2) is 4.39 Å². The zero-order valence-corrected chi connectivity index (χ0v) is 10.4. The molecule has 1 aromatic carbocycles. The van der Waals surface area contributed by atoms with Crippen molar-refractivity contribution in [3.8, 4) is 11.3 Å². The van der Waals surface area contributed by atoms with Crippen LogP contribution in [-0.2, 0) is 0 Å². The predicted octanol–water partition coefficient (Wildman–Crippen LogP) is 2.20. The van der Waals surface area contributed by atoms with Crippen molar-refractivity contribution in [1.29, 1.82) is 0 Å². The summed E-state index contributed by atoms with van der Waals surface area (Å²) < 4.78 is 18.9.